The molecule has 1 aliphatic heterocycles. The predicted octanol–water partition coefficient (Wildman–Crippen LogP) is 2.61. The number of benzene rings is 1. The van der Waals surface area contributed by atoms with Crippen molar-refractivity contribution >= 4 is 28.9 Å². The van der Waals surface area contributed by atoms with E-state index in [-0.39, 0.29) is 17.3 Å². The number of hydrogen-bond acceptors (Lipinski definition) is 5. The number of nitrogens with zero attached hydrogens (tertiary/aromatic N) is 5. The Hall–Kier alpha value is -3.00. The summed E-state index contributed by atoms with van der Waals surface area (Å²) in [7, 11) is 0. The SMILES string of the molecule is CC1(C)C(=O)N(c2ccc(C#N)c(C(F)(F)F)c2)C(=S)N1Cc1c[nH]nn1. The van der Waals surface area contributed by atoms with Crippen LogP contribution in [0.5, 0.6) is 0 Å². The molecule has 2 heterocycles. The third-order valence-corrected chi connectivity index (χ3v) is 4.70. The van der Waals surface area contributed by atoms with E-state index in [1.165, 1.54) is 18.3 Å². The molecule has 1 amide bonds. The number of H-pyrrole nitrogens is 1. The van der Waals surface area contributed by atoms with Gasteiger partial charge in [-0.25, -0.2) is 0 Å². The molecule has 0 atom stereocenters. The number of hydrogen-bond donors (Lipinski definition) is 1. The van der Waals surface area contributed by atoms with Gasteiger partial charge in [0.05, 0.1) is 29.4 Å². The number of anilines is 1. The monoisotopic (exact) mass is 394 g/mol. The van der Waals surface area contributed by atoms with Gasteiger partial charge < -0.3 is 4.90 Å². The molecule has 0 saturated carbocycles. The van der Waals surface area contributed by atoms with Crippen LogP contribution in [0.25, 0.3) is 0 Å². The van der Waals surface area contributed by atoms with E-state index in [1.807, 2.05) is 0 Å². The Morgan fingerprint density at radius 2 is 2.07 bits per heavy atom. The lowest BCUT2D eigenvalue weighted by Crippen LogP contribution is -2.43. The molecule has 1 aromatic carbocycles. The maximum absolute atomic E-state index is 13.3. The zero-order chi connectivity index (χ0) is 20.0. The number of aromatic amines is 1. The Labute approximate surface area is 157 Å². The molecule has 2 aromatic rings. The average molecular weight is 394 g/mol. The first-order valence-electron chi connectivity index (χ1n) is 7.70. The summed E-state index contributed by atoms with van der Waals surface area (Å²) in [4.78, 5) is 15.5. The van der Waals surface area contributed by atoms with Gasteiger partial charge in [-0.3, -0.25) is 14.8 Å². The highest BCUT2D eigenvalue weighted by atomic mass is 32.1. The molecule has 1 N–H and O–H groups in total. The van der Waals surface area contributed by atoms with E-state index >= 15 is 0 Å². The van der Waals surface area contributed by atoms with Gasteiger partial charge in [0.2, 0.25) is 0 Å². The molecule has 11 heteroatoms. The number of aromatic nitrogens is 3. The minimum absolute atomic E-state index is 0.0471. The normalized spacial score (nSPS) is 16.7. The van der Waals surface area contributed by atoms with Crippen LogP contribution in [0.15, 0.2) is 24.4 Å². The second kappa shape index (κ2) is 6.31. The van der Waals surface area contributed by atoms with Crippen molar-refractivity contribution in [3.8, 4) is 6.07 Å². The van der Waals surface area contributed by atoms with Gasteiger partial charge in [0, 0.05) is 6.20 Å². The molecule has 0 radical (unpaired) electrons. The lowest BCUT2D eigenvalue weighted by molar-refractivity contribution is -0.137. The highest BCUT2D eigenvalue weighted by Gasteiger charge is 2.50. The smallest absolute Gasteiger partial charge is 0.328 e. The third kappa shape index (κ3) is 3.12. The summed E-state index contributed by atoms with van der Waals surface area (Å²) in [5, 5.41) is 19.0. The van der Waals surface area contributed by atoms with Gasteiger partial charge >= 0.3 is 6.18 Å². The molecule has 1 aromatic heterocycles. The standard InChI is InChI=1S/C16H13F3N6OS/c1-15(2)13(26)25(14(27)24(15)8-10-7-21-23-22-10)11-4-3-9(6-20)12(5-11)16(17,18)19/h3-5,7H,8H2,1-2H3,(H,21,22,23). The quantitative estimate of drug-likeness (QED) is 0.805. The fourth-order valence-corrected chi connectivity index (χ4v) is 3.28. The van der Waals surface area contributed by atoms with E-state index in [0.29, 0.717) is 5.69 Å². The molecule has 3 rings (SSSR count). The Morgan fingerprint density at radius 3 is 2.63 bits per heavy atom. The van der Waals surface area contributed by atoms with E-state index in [0.717, 1.165) is 17.0 Å². The van der Waals surface area contributed by atoms with Crippen LogP contribution in [-0.4, -0.2) is 36.9 Å². The third-order valence-electron chi connectivity index (χ3n) is 4.30. The van der Waals surface area contributed by atoms with Crippen LogP contribution in [-0.2, 0) is 17.5 Å². The molecule has 0 unspecified atom stereocenters. The Kier molecular flexibility index (Phi) is 4.39. The van der Waals surface area contributed by atoms with Gasteiger partial charge in [0.25, 0.3) is 5.91 Å². The van der Waals surface area contributed by atoms with Crippen molar-refractivity contribution < 1.29 is 18.0 Å². The summed E-state index contributed by atoms with van der Waals surface area (Å²) >= 11 is 5.37. The van der Waals surface area contributed by atoms with E-state index in [9.17, 15) is 18.0 Å². The van der Waals surface area contributed by atoms with E-state index in [2.05, 4.69) is 15.4 Å². The summed E-state index contributed by atoms with van der Waals surface area (Å²) in [6, 6.07) is 4.57. The fourth-order valence-electron chi connectivity index (χ4n) is 2.80. The molecule has 140 valence electrons. The summed E-state index contributed by atoms with van der Waals surface area (Å²) in [5.74, 6) is -0.478. The highest BCUT2D eigenvalue weighted by Crippen LogP contribution is 2.38. The number of amides is 1. The zero-order valence-corrected chi connectivity index (χ0v) is 15.0. The lowest BCUT2D eigenvalue weighted by atomic mass is 10.0. The summed E-state index contributed by atoms with van der Waals surface area (Å²) in [5.41, 5.74) is -2.26. The summed E-state index contributed by atoms with van der Waals surface area (Å²) in [6.07, 6.45) is -3.20. The van der Waals surface area contributed by atoms with Crippen molar-refractivity contribution in [3.63, 3.8) is 0 Å². The molecule has 1 aliphatic rings. The van der Waals surface area contributed by atoms with Crippen LogP contribution in [0.1, 0.15) is 30.7 Å². The molecular weight excluding hydrogens is 381 g/mol. The highest BCUT2D eigenvalue weighted by molar-refractivity contribution is 7.80. The van der Waals surface area contributed by atoms with E-state index in [1.54, 1.807) is 18.7 Å². The molecule has 27 heavy (non-hydrogen) atoms. The largest absolute Gasteiger partial charge is 0.417 e. The maximum atomic E-state index is 13.3. The number of thiocarbonyl (C=S) groups is 1. The van der Waals surface area contributed by atoms with Gasteiger partial charge in [-0.05, 0) is 44.3 Å². The van der Waals surface area contributed by atoms with Gasteiger partial charge in [-0.2, -0.15) is 18.4 Å². The average Bonchev–Trinajstić information content (AvgIpc) is 3.16. The molecular formula is C16H13F3N6OS. The lowest BCUT2D eigenvalue weighted by Gasteiger charge is -2.28. The molecule has 1 fully saturated rings. The van der Waals surface area contributed by atoms with Crippen molar-refractivity contribution in [2.45, 2.75) is 32.1 Å². The van der Waals surface area contributed by atoms with Crippen molar-refractivity contribution in [2.24, 2.45) is 0 Å². The van der Waals surface area contributed by atoms with Crippen molar-refractivity contribution in [3.05, 3.63) is 41.2 Å². The minimum atomic E-state index is -4.73. The maximum Gasteiger partial charge on any atom is 0.417 e. The molecule has 0 spiro atoms. The second-order valence-electron chi connectivity index (χ2n) is 6.37. The molecule has 1 saturated heterocycles. The predicted molar refractivity (Wildman–Crippen MR) is 92.2 cm³/mol. The van der Waals surface area contributed by atoms with Crippen LogP contribution < -0.4 is 4.90 Å². The number of halogens is 3. The first-order chi connectivity index (χ1) is 12.6. The van der Waals surface area contributed by atoms with Crippen LogP contribution in [0.2, 0.25) is 0 Å². The first kappa shape index (κ1) is 18.8. The summed E-state index contributed by atoms with van der Waals surface area (Å²) < 4.78 is 39.8. The molecule has 0 bridgehead atoms. The Balaban J connectivity index is 2.03. The first-order valence-corrected chi connectivity index (χ1v) is 8.11. The van der Waals surface area contributed by atoms with Crippen LogP contribution in [0, 0.1) is 11.3 Å². The Bertz CT molecular complexity index is 948. The number of nitrogens with one attached hydrogen (secondary N) is 1. The number of rotatable bonds is 3. The van der Waals surface area contributed by atoms with Crippen molar-refractivity contribution in [2.75, 3.05) is 4.90 Å². The van der Waals surface area contributed by atoms with E-state index in [4.69, 9.17) is 17.5 Å². The van der Waals surface area contributed by atoms with Crippen LogP contribution in [0.3, 0.4) is 0 Å². The van der Waals surface area contributed by atoms with Gasteiger partial charge in [-0.1, -0.05) is 5.21 Å². The van der Waals surface area contributed by atoms with Gasteiger partial charge in [0.15, 0.2) is 5.11 Å². The van der Waals surface area contributed by atoms with Crippen molar-refractivity contribution in [1.82, 2.24) is 20.3 Å². The fraction of sp³-hybridized carbons (Fsp3) is 0.312. The van der Waals surface area contributed by atoms with Crippen LogP contribution in [0.4, 0.5) is 18.9 Å². The van der Waals surface area contributed by atoms with Gasteiger partial charge in [0.1, 0.15) is 11.2 Å². The zero-order valence-electron chi connectivity index (χ0n) is 14.2. The number of carbonyl (C=O) groups is 1. The molecule has 0 aliphatic carbocycles. The van der Waals surface area contributed by atoms with Gasteiger partial charge in [-0.15, -0.1) is 5.10 Å². The number of alkyl halides is 3. The van der Waals surface area contributed by atoms with Crippen molar-refractivity contribution in [1.29, 1.82) is 5.26 Å². The summed E-state index contributed by atoms with van der Waals surface area (Å²) in [6.45, 7) is 3.40. The minimum Gasteiger partial charge on any atom is -0.328 e. The van der Waals surface area contributed by atoms with Crippen LogP contribution >= 0.6 is 12.2 Å². The Morgan fingerprint density at radius 1 is 1.37 bits per heavy atom. The number of carbonyl (C=O) groups excluding carboxylic acids is 1. The molecule has 7 nitrogen and oxygen atoms in total. The topological polar surface area (TPSA) is 88.9 Å². The van der Waals surface area contributed by atoms with E-state index < -0.39 is 28.7 Å². The number of nitriles is 1. The second-order valence-corrected chi connectivity index (χ2v) is 6.74.